The molecule has 4 nitrogen and oxygen atoms in total. The number of halogens is 2. The quantitative estimate of drug-likeness (QED) is 0.493. The Bertz CT molecular complexity index is 822. The Morgan fingerprint density at radius 1 is 1.14 bits per heavy atom. The molecule has 0 bridgehead atoms. The van der Waals surface area contributed by atoms with E-state index in [1.54, 1.807) is 18.2 Å². The zero-order valence-electron chi connectivity index (χ0n) is 17.0. The molecule has 2 aromatic rings. The molecular weight excluding hydrogens is 411 g/mol. The Labute approximate surface area is 182 Å². The van der Waals surface area contributed by atoms with E-state index < -0.39 is 0 Å². The zero-order chi connectivity index (χ0) is 21.6. The molecule has 1 atom stereocenters. The molecule has 0 aliphatic carbocycles. The van der Waals surface area contributed by atoms with Gasteiger partial charge in [-0.15, -0.1) is 0 Å². The van der Waals surface area contributed by atoms with Crippen LogP contribution in [0.3, 0.4) is 0 Å². The number of aliphatic hydroxyl groups is 1. The topological polar surface area (TPSA) is 66.8 Å². The van der Waals surface area contributed by atoms with Gasteiger partial charge in [0.1, 0.15) is 18.1 Å². The molecule has 0 aliphatic rings. The second-order valence-corrected chi connectivity index (χ2v) is 8.39. The molecule has 1 unspecified atom stereocenters. The van der Waals surface area contributed by atoms with E-state index in [2.05, 4.69) is 0 Å². The molecule has 2 aromatic carbocycles. The van der Waals surface area contributed by atoms with E-state index in [4.69, 9.17) is 27.9 Å². The third-order valence-corrected chi connectivity index (χ3v) is 5.64. The molecule has 0 heterocycles. The van der Waals surface area contributed by atoms with Crippen molar-refractivity contribution in [1.29, 1.82) is 0 Å². The third-order valence-electron chi connectivity index (χ3n) is 4.96. The highest BCUT2D eigenvalue weighted by atomic mass is 35.5. The van der Waals surface area contributed by atoms with Gasteiger partial charge in [-0.3, -0.25) is 4.79 Å². The number of aromatic hydroxyl groups is 1. The standard InChI is InChI=1S/C23H28Cl2O4/c1-4-15(12-26)7-17(27)13-29-18-10-21(24)20(22(25)11-18)9-16-5-6-23(28)19(8-16)14(2)3/h5-6,8,10-11,14-15,26,28H,4,7,9,12-13H2,1-3H3. The van der Waals surface area contributed by atoms with E-state index in [0.717, 1.165) is 23.1 Å². The van der Waals surface area contributed by atoms with Crippen molar-refractivity contribution < 1.29 is 19.7 Å². The lowest BCUT2D eigenvalue weighted by Crippen LogP contribution is -2.17. The highest BCUT2D eigenvalue weighted by molar-refractivity contribution is 6.36. The number of carbonyl (C=O) groups is 1. The van der Waals surface area contributed by atoms with E-state index in [1.165, 1.54) is 0 Å². The monoisotopic (exact) mass is 438 g/mol. The second kappa shape index (κ2) is 10.9. The highest BCUT2D eigenvalue weighted by Gasteiger charge is 2.15. The molecule has 6 heteroatoms. The van der Waals surface area contributed by atoms with Crippen LogP contribution in [-0.4, -0.2) is 29.2 Å². The SMILES string of the molecule is CCC(CO)CC(=O)COc1cc(Cl)c(Cc2ccc(O)c(C(C)C)c2)c(Cl)c1. The molecule has 0 amide bonds. The molecule has 0 saturated carbocycles. The number of ether oxygens (including phenoxy) is 1. The summed E-state index contributed by atoms with van der Waals surface area (Å²) in [4.78, 5) is 12.0. The molecule has 0 aliphatic heterocycles. The second-order valence-electron chi connectivity index (χ2n) is 7.58. The van der Waals surface area contributed by atoms with E-state index in [0.29, 0.717) is 22.2 Å². The van der Waals surface area contributed by atoms with Gasteiger partial charge in [-0.25, -0.2) is 0 Å². The summed E-state index contributed by atoms with van der Waals surface area (Å²) in [6.07, 6.45) is 1.54. The van der Waals surface area contributed by atoms with Gasteiger partial charge in [0.05, 0.1) is 0 Å². The van der Waals surface area contributed by atoms with Crippen LogP contribution < -0.4 is 4.74 Å². The molecule has 0 spiro atoms. The normalized spacial score (nSPS) is 12.2. The first kappa shape index (κ1) is 23.5. The summed E-state index contributed by atoms with van der Waals surface area (Å²) in [7, 11) is 0. The van der Waals surface area contributed by atoms with E-state index in [9.17, 15) is 15.0 Å². The average molecular weight is 439 g/mol. The van der Waals surface area contributed by atoms with Gasteiger partial charge in [0, 0.05) is 29.5 Å². The molecule has 158 valence electrons. The number of aliphatic hydroxyl groups excluding tert-OH is 1. The Kier molecular flexibility index (Phi) is 8.81. The van der Waals surface area contributed by atoms with Crippen LogP contribution >= 0.6 is 23.2 Å². The van der Waals surface area contributed by atoms with Crippen molar-refractivity contribution >= 4 is 29.0 Å². The van der Waals surface area contributed by atoms with Gasteiger partial charge in [-0.05, 0) is 46.7 Å². The maximum absolute atomic E-state index is 12.0. The number of rotatable bonds is 10. The van der Waals surface area contributed by atoms with E-state index in [-0.39, 0.29) is 43.0 Å². The van der Waals surface area contributed by atoms with Crippen LogP contribution in [0.25, 0.3) is 0 Å². The van der Waals surface area contributed by atoms with Gasteiger partial charge in [0.2, 0.25) is 0 Å². The number of hydrogen-bond acceptors (Lipinski definition) is 4. The number of phenols is 1. The van der Waals surface area contributed by atoms with Crippen molar-refractivity contribution in [3.63, 3.8) is 0 Å². The molecule has 0 saturated heterocycles. The van der Waals surface area contributed by atoms with Crippen molar-refractivity contribution in [2.75, 3.05) is 13.2 Å². The van der Waals surface area contributed by atoms with Gasteiger partial charge in [-0.2, -0.15) is 0 Å². The van der Waals surface area contributed by atoms with Gasteiger partial charge in [0.25, 0.3) is 0 Å². The summed E-state index contributed by atoms with van der Waals surface area (Å²) in [6, 6.07) is 8.81. The summed E-state index contributed by atoms with van der Waals surface area (Å²) in [5.41, 5.74) is 2.63. The number of ketones is 1. The predicted molar refractivity (Wildman–Crippen MR) is 117 cm³/mol. The molecule has 0 aromatic heterocycles. The molecule has 2 rings (SSSR count). The Morgan fingerprint density at radius 2 is 1.79 bits per heavy atom. The molecule has 2 N–H and O–H groups in total. The van der Waals surface area contributed by atoms with Crippen LogP contribution in [0.15, 0.2) is 30.3 Å². The lowest BCUT2D eigenvalue weighted by molar-refractivity contribution is -0.122. The fourth-order valence-corrected chi connectivity index (χ4v) is 3.70. The van der Waals surface area contributed by atoms with Crippen LogP contribution in [-0.2, 0) is 11.2 Å². The fraction of sp³-hybridized carbons (Fsp3) is 0.435. The van der Waals surface area contributed by atoms with Crippen molar-refractivity contribution in [2.45, 2.75) is 46.0 Å². The van der Waals surface area contributed by atoms with Crippen molar-refractivity contribution in [3.8, 4) is 11.5 Å². The minimum Gasteiger partial charge on any atom is -0.508 e. The molecule has 0 fully saturated rings. The number of benzene rings is 2. The minimum atomic E-state index is -0.0851. The third kappa shape index (κ3) is 6.63. The van der Waals surface area contributed by atoms with Crippen molar-refractivity contribution in [1.82, 2.24) is 0 Å². The van der Waals surface area contributed by atoms with Crippen LogP contribution in [0, 0.1) is 5.92 Å². The molecular formula is C23H28Cl2O4. The first-order valence-corrected chi connectivity index (χ1v) is 10.6. The smallest absolute Gasteiger partial charge is 0.170 e. The predicted octanol–water partition coefficient (Wildman–Crippen LogP) is 5.77. The van der Waals surface area contributed by atoms with Gasteiger partial charge in [0.15, 0.2) is 5.78 Å². The lowest BCUT2D eigenvalue weighted by Gasteiger charge is -2.14. The lowest BCUT2D eigenvalue weighted by atomic mass is 9.96. The Hall–Kier alpha value is -1.75. The number of phenolic OH excluding ortho intramolecular Hbond substituents is 1. The van der Waals surface area contributed by atoms with Crippen LogP contribution in [0.5, 0.6) is 11.5 Å². The minimum absolute atomic E-state index is 0.00955. The number of Topliss-reactive ketones (excluding diaryl/α,β-unsaturated/α-hetero) is 1. The summed E-state index contributed by atoms with van der Waals surface area (Å²) < 4.78 is 5.56. The van der Waals surface area contributed by atoms with E-state index >= 15 is 0 Å². The average Bonchev–Trinajstić information content (AvgIpc) is 2.68. The molecule has 29 heavy (non-hydrogen) atoms. The maximum atomic E-state index is 12.0. The van der Waals surface area contributed by atoms with Crippen molar-refractivity contribution in [3.05, 3.63) is 57.1 Å². The van der Waals surface area contributed by atoms with Crippen molar-refractivity contribution in [2.24, 2.45) is 5.92 Å². The summed E-state index contributed by atoms with van der Waals surface area (Å²) in [6.45, 7) is 5.89. The number of carbonyl (C=O) groups excluding carboxylic acids is 1. The molecule has 0 radical (unpaired) electrons. The van der Waals surface area contributed by atoms with Crippen LogP contribution in [0.2, 0.25) is 10.0 Å². The van der Waals surface area contributed by atoms with Crippen LogP contribution in [0.4, 0.5) is 0 Å². The Morgan fingerprint density at radius 3 is 2.34 bits per heavy atom. The summed E-state index contributed by atoms with van der Waals surface area (Å²) in [5, 5.41) is 20.1. The van der Waals surface area contributed by atoms with Gasteiger partial charge in [-0.1, -0.05) is 62.5 Å². The van der Waals surface area contributed by atoms with Crippen LogP contribution in [0.1, 0.15) is 56.2 Å². The summed E-state index contributed by atoms with van der Waals surface area (Å²) in [5.74, 6) is 0.796. The first-order valence-electron chi connectivity index (χ1n) is 9.80. The fourth-order valence-electron chi connectivity index (χ4n) is 3.10. The Balaban J connectivity index is 2.10. The maximum Gasteiger partial charge on any atom is 0.170 e. The van der Waals surface area contributed by atoms with Gasteiger partial charge >= 0.3 is 0 Å². The van der Waals surface area contributed by atoms with Gasteiger partial charge < -0.3 is 14.9 Å². The largest absolute Gasteiger partial charge is 0.508 e. The summed E-state index contributed by atoms with van der Waals surface area (Å²) >= 11 is 12.9. The number of hydrogen-bond donors (Lipinski definition) is 2. The zero-order valence-corrected chi connectivity index (χ0v) is 18.6. The highest BCUT2D eigenvalue weighted by Crippen LogP contribution is 2.34. The van der Waals surface area contributed by atoms with E-state index in [1.807, 2.05) is 32.9 Å². The first-order chi connectivity index (χ1) is 13.7.